The number of nitriles is 1. The molecule has 0 aliphatic heterocycles. The normalized spacial score (nSPS) is 9.17. The van der Waals surface area contributed by atoms with E-state index < -0.39 is 8.07 Å². The van der Waals surface area contributed by atoms with Crippen molar-refractivity contribution in [3.8, 4) is 41.2 Å². The maximum atomic E-state index is 11.4. The number of nitrogens with zero attached hydrogens (tertiary/aromatic N) is 2. The summed E-state index contributed by atoms with van der Waals surface area (Å²) in [4.78, 5) is 12.7. The fourth-order valence-electron chi connectivity index (χ4n) is 1.96. The first kappa shape index (κ1) is 20.9. The molecule has 122 valence electrons. The third kappa shape index (κ3) is 8.78. The van der Waals surface area contributed by atoms with Crippen molar-refractivity contribution in [1.29, 1.82) is 5.26 Å². The number of rotatable bonds is 6. The zero-order valence-electron chi connectivity index (χ0n) is 14.8. The van der Waals surface area contributed by atoms with Gasteiger partial charge in [0.25, 0.3) is 5.91 Å². The van der Waals surface area contributed by atoms with Gasteiger partial charge in [0.15, 0.2) is 0 Å². The van der Waals surface area contributed by atoms with E-state index in [9.17, 15) is 4.79 Å². The van der Waals surface area contributed by atoms with Crippen molar-refractivity contribution < 1.29 is 4.79 Å². The van der Waals surface area contributed by atoms with Crippen LogP contribution in [0.15, 0.2) is 0 Å². The molecular formula is C19H26N2OSi. The lowest BCUT2D eigenvalue weighted by Gasteiger charge is -2.19. The van der Waals surface area contributed by atoms with E-state index in [0.717, 1.165) is 12.8 Å². The van der Waals surface area contributed by atoms with Crippen molar-refractivity contribution in [3.05, 3.63) is 0 Å². The average Bonchev–Trinajstić information content (AvgIpc) is 2.57. The zero-order valence-corrected chi connectivity index (χ0v) is 15.8. The van der Waals surface area contributed by atoms with Crippen LogP contribution in [0, 0.1) is 46.5 Å². The Balaban J connectivity index is 4.19. The molecule has 3 nitrogen and oxygen atoms in total. The van der Waals surface area contributed by atoms with Gasteiger partial charge in [0.1, 0.15) is 14.6 Å². The monoisotopic (exact) mass is 326 g/mol. The van der Waals surface area contributed by atoms with E-state index in [1.54, 1.807) is 7.05 Å². The number of carbonyl (C=O) groups excluding carboxylic acids is 1. The van der Waals surface area contributed by atoms with E-state index >= 15 is 0 Å². The molecule has 0 N–H and O–H groups in total. The minimum Gasteiger partial charge on any atom is -0.322 e. The van der Waals surface area contributed by atoms with Crippen LogP contribution in [0.2, 0.25) is 18.1 Å². The van der Waals surface area contributed by atoms with Crippen LogP contribution < -0.4 is 0 Å². The lowest BCUT2D eigenvalue weighted by molar-refractivity contribution is -0.123. The van der Waals surface area contributed by atoms with E-state index in [4.69, 9.17) is 5.26 Å². The molecule has 0 rings (SSSR count). The molecule has 0 unspecified atom stereocenters. The molecule has 0 radical (unpaired) electrons. The van der Waals surface area contributed by atoms with Crippen molar-refractivity contribution in [1.82, 2.24) is 4.90 Å². The standard InChI is InChI=1S/C19H26N2OSi/c1-5-23(6-2,7-3)18-14-12-10-8-9-11-13-15-19(22)21(4)17-16-20/h5-9,11,17H2,1-4H3. The average molecular weight is 327 g/mol. The molecule has 0 aliphatic carbocycles. The minimum atomic E-state index is -1.38. The van der Waals surface area contributed by atoms with Gasteiger partial charge in [0.05, 0.1) is 6.07 Å². The predicted octanol–water partition coefficient (Wildman–Crippen LogP) is 3.20. The predicted molar refractivity (Wildman–Crippen MR) is 97.6 cm³/mol. The molecule has 0 heterocycles. The summed E-state index contributed by atoms with van der Waals surface area (Å²) in [6.07, 6.45) is 2.20. The summed E-state index contributed by atoms with van der Waals surface area (Å²) >= 11 is 0. The van der Waals surface area contributed by atoms with Gasteiger partial charge < -0.3 is 4.90 Å². The number of hydrogen-bond acceptors (Lipinski definition) is 2. The van der Waals surface area contributed by atoms with Crippen molar-refractivity contribution in [2.75, 3.05) is 13.6 Å². The van der Waals surface area contributed by atoms with Crippen LogP contribution in [-0.2, 0) is 4.79 Å². The van der Waals surface area contributed by atoms with Crippen molar-refractivity contribution >= 4 is 14.0 Å². The highest BCUT2D eigenvalue weighted by Crippen LogP contribution is 2.18. The first-order chi connectivity index (χ1) is 11.0. The Hall–Kier alpha value is -2.14. The van der Waals surface area contributed by atoms with E-state index in [1.165, 1.54) is 23.0 Å². The highest BCUT2D eigenvalue weighted by Gasteiger charge is 2.23. The highest BCUT2D eigenvalue weighted by molar-refractivity contribution is 6.87. The van der Waals surface area contributed by atoms with Gasteiger partial charge in [-0.1, -0.05) is 32.6 Å². The Morgan fingerprint density at radius 1 is 1.04 bits per heavy atom. The summed E-state index contributed by atoms with van der Waals surface area (Å²) in [6, 6.07) is 5.49. The van der Waals surface area contributed by atoms with E-state index in [2.05, 4.69) is 55.9 Å². The summed E-state index contributed by atoms with van der Waals surface area (Å²) < 4.78 is 0. The molecule has 0 fully saturated rings. The van der Waals surface area contributed by atoms with Crippen LogP contribution >= 0.6 is 0 Å². The Labute approximate surface area is 142 Å². The Kier molecular flexibility index (Phi) is 11.2. The summed E-state index contributed by atoms with van der Waals surface area (Å²) in [5.41, 5.74) is 3.43. The zero-order chi connectivity index (χ0) is 17.6. The molecule has 4 heteroatoms. The van der Waals surface area contributed by atoms with Crippen molar-refractivity contribution in [2.45, 2.75) is 58.2 Å². The van der Waals surface area contributed by atoms with Crippen LogP contribution in [0.1, 0.15) is 40.0 Å². The molecule has 1 amide bonds. The molecule has 0 aromatic carbocycles. The van der Waals surface area contributed by atoms with Crippen LogP contribution in [0.3, 0.4) is 0 Å². The topological polar surface area (TPSA) is 44.1 Å². The van der Waals surface area contributed by atoms with Gasteiger partial charge in [-0.05, 0) is 42.3 Å². The molecule has 23 heavy (non-hydrogen) atoms. The van der Waals surface area contributed by atoms with Crippen LogP contribution in [0.25, 0.3) is 0 Å². The lowest BCUT2D eigenvalue weighted by Crippen LogP contribution is -2.29. The molecule has 0 spiro atoms. The third-order valence-electron chi connectivity index (χ3n) is 3.96. The molecule has 0 atom stereocenters. The van der Waals surface area contributed by atoms with Gasteiger partial charge in [-0.2, -0.15) is 5.26 Å². The second-order valence-electron chi connectivity index (χ2n) is 5.37. The maximum Gasteiger partial charge on any atom is 0.299 e. The van der Waals surface area contributed by atoms with Gasteiger partial charge in [-0.3, -0.25) is 4.79 Å². The van der Waals surface area contributed by atoms with Gasteiger partial charge in [-0.15, -0.1) is 5.54 Å². The smallest absolute Gasteiger partial charge is 0.299 e. The van der Waals surface area contributed by atoms with Crippen molar-refractivity contribution in [2.24, 2.45) is 0 Å². The van der Waals surface area contributed by atoms with Crippen molar-refractivity contribution in [3.63, 3.8) is 0 Å². The van der Waals surface area contributed by atoms with E-state index in [0.29, 0.717) is 6.42 Å². The van der Waals surface area contributed by atoms with Crippen LogP contribution in [0.5, 0.6) is 0 Å². The number of amides is 1. The fraction of sp³-hybridized carbons (Fsp3) is 0.579. The quantitative estimate of drug-likeness (QED) is 0.326. The molecule has 0 saturated carbocycles. The highest BCUT2D eigenvalue weighted by atomic mass is 28.3. The molecule has 0 saturated heterocycles. The van der Waals surface area contributed by atoms with Gasteiger partial charge >= 0.3 is 0 Å². The second-order valence-corrected chi connectivity index (χ2v) is 10.3. The Morgan fingerprint density at radius 3 is 2.22 bits per heavy atom. The largest absolute Gasteiger partial charge is 0.322 e. The first-order valence-corrected chi connectivity index (χ1v) is 10.8. The summed E-state index contributed by atoms with van der Waals surface area (Å²) in [5.74, 6) is 14.1. The second kappa shape index (κ2) is 12.4. The molecular weight excluding hydrogens is 300 g/mol. The SMILES string of the molecule is CC[Si](C#CC#CCCCC#CC(=O)N(C)CC#N)(CC)CC. The third-order valence-corrected chi connectivity index (χ3v) is 8.68. The fourth-order valence-corrected chi connectivity index (χ4v) is 4.32. The Bertz CT molecular complexity index is 587. The molecule has 0 aromatic heterocycles. The van der Waals surface area contributed by atoms with Crippen LogP contribution in [0.4, 0.5) is 0 Å². The van der Waals surface area contributed by atoms with Gasteiger partial charge in [-0.25, -0.2) is 0 Å². The number of hydrogen-bond donors (Lipinski definition) is 0. The van der Waals surface area contributed by atoms with Crippen LogP contribution in [-0.4, -0.2) is 32.5 Å². The summed E-state index contributed by atoms with van der Waals surface area (Å²) in [6.45, 7) is 6.76. The molecule has 0 aromatic rings. The van der Waals surface area contributed by atoms with Gasteiger partial charge in [0, 0.05) is 19.9 Å². The summed E-state index contributed by atoms with van der Waals surface area (Å²) in [5, 5.41) is 8.48. The lowest BCUT2D eigenvalue weighted by atomic mass is 10.2. The molecule has 0 aliphatic rings. The van der Waals surface area contributed by atoms with E-state index in [-0.39, 0.29) is 12.5 Å². The minimum absolute atomic E-state index is 0.0652. The van der Waals surface area contributed by atoms with E-state index in [1.807, 2.05) is 6.07 Å². The number of unbranched alkanes of at least 4 members (excludes halogenated alkanes) is 2. The Morgan fingerprint density at radius 2 is 1.65 bits per heavy atom. The first-order valence-electron chi connectivity index (χ1n) is 8.16. The van der Waals surface area contributed by atoms with Gasteiger partial charge in [0.2, 0.25) is 0 Å². The summed E-state index contributed by atoms with van der Waals surface area (Å²) in [7, 11) is 0.186. The molecule has 0 bridgehead atoms. The number of carbonyl (C=O) groups is 1. The maximum absolute atomic E-state index is 11.4.